The van der Waals surface area contributed by atoms with E-state index in [2.05, 4.69) is 54.1 Å². The Hall–Kier alpha value is -2.31. The van der Waals surface area contributed by atoms with Crippen molar-refractivity contribution >= 4 is 5.69 Å². The first-order valence-corrected chi connectivity index (χ1v) is 12.4. The highest BCUT2D eigenvalue weighted by molar-refractivity contribution is 5.71. The lowest BCUT2D eigenvalue weighted by atomic mass is 9.95. The summed E-state index contributed by atoms with van der Waals surface area (Å²) >= 11 is 0. The molecule has 1 aliphatic rings. The molecule has 182 valence electrons. The van der Waals surface area contributed by atoms with Gasteiger partial charge < -0.3 is 23.8 Å². The Morgan fingerprint density at radius 3 is 2.12 bits per heavy atom. The van der Waals surface area contributed by atoms with Crippen LogP contribution in [-0.2, 0) is 9.47 Å². The largest absolute Gasteiger partial charge is 0.478 e. The number of piperidine rings is 1. The average Bonchev–Trinajstić information content (AvgIpc) is 2.86. The van der Waals surface area contributed by atoms with Crippen molar-refractivity contribution in [2.75, 3.05) is 45.4 Å². The SMILES string of the molecule is CCCCOc1ccc(-c2ccc(N3CCC(C(OC)OC)CC3)cc2)c(OCCCC)n1. The molecule has 0 radical (unpaired) electrons. The molecule has 1 saturated heterocycles. The lowest BCUT2D eigenvalue weighted by Crippen LogP contribution is -2.39. The molecule has 0 amide bonds. The summed E-state index contributed by atoms with van der Waals surface area (Å²) in [5.41, 5.74) is 3.35. The van der Waals surface area contributed by atoms with Gasteiger partial charge in [-0.15, -0.1) is 0 Å². The fourth-order valence-corrected chi connectivity index (χ4v) is 4.23. The van der Waals surface area contributed by atoms with Crippen LogP contribution in [0, 0.1) is 5.92 Å². The van der Waals surface area contributed by atoms with Crippen molar-refractivity contribution in [1.29, 1.82) is 0 Å². The number of benzene rings is 1. The van der Waals surface area contributed by atoms with Gasteiger partial charge in [-0.1, -0.05) is 38.8 Å². The zero-order valence-electron chi connectivity index (χ0n) is 20.7. The summed E-state index contributed by atoms with van der Waals surface area (Å²) < 4.78 is 22.8. The molecule has 1 aromatic carbocycles. The van der Waals surface area contributed by atoms with Gasteiger partial charge >= 0.3 is 0 Å². The van der Waals surface area contributed by atoms with Gasteiger partial charge in [0.1, 0.15) is 0 Å². The molecule has 0 unspecified atom stereocenters. The summed E-state index contributed by atoms with van der Waals surface area (Å²) in [6.07, 6.45) is 6.22. The zero-order valence-corrected chi connectivity index (χ0v) is 20.7. The number of hydrogen-bond acceptors (Lipinski definition) is 6. The second-order valence-electron chi connectivity index (χ2n) is 8.62. The molecule has 6 heteroatoms. The van der Waals surface area contributed by atoms with Crippen LogP contribution < -0.4 is 14.4 Å². The molecule has 0 aliphatic carbocycles. The van der Waals surface area contributed by atoms with Crippen LogP contribution in [0.2, 0.25) is 0 Å². The summed E-state index contributed by atoms with van der Waals surface area (Å²) in [4.78, 5) is 7.10. The second-order valence-corrected chi connectivity index (χ2v) is 8.62. The minimum atomic E-state index is -0.109. The number of pyridine rings is 1. The van der Waals surface area contributed by atoms with Crippen LogP contribution in [0.1, 0.15) is 52.4 Å². The molecular formula is C27H40N2O4. The average molecular weight is 457 g/mol. The monoisotopic (exact) mass is 456 g/mol. The minimum absolute atomic E-state index is 0.109. The van der Waals surface area contributed by atoms with Crippen LogP contribution in [0.3, 0.4) is 0 Å². The third-order valence-electron chi connectivity index (χ3n) is 6.25. The molecule has 1 aromatic heterocycles. The van der Waals surface area contributed by atoms with Gasteiger partial charge in [-0.2, -0.15) is 4.98 Å². The molecule has 1 fully saturated rings. The van der Waals surface area contributed by atoms with Crippen molar-refractivity contribution in [3.05, 3.63) is 36.4 Å². The van der Waals surface area contributed by atoms with E-state index < -0.39 is 0 Å². The van der Waals surface area contributed by atoms with E-state index in [1.807, 2.05) is 6.07 Å². The Balaban J connectivity index is 1.69. The number of methoxy groups -OCH3 is 2. The molecule has 2 aromatic rings. The summed E-state index contributed by atoms with van der Waals surface area (Å²) in [5, 5.41) is 0. The van der Waals surface area contributed by atoms with Crippen molar-refractivity contribution < 1.29 is 18.9 Å². The first kappa shape index (κ1) is 25.3. The molecule has 2 heterocycles. The van der Waals surface area contributed by atoms with Crippen molar-refractivity contribution in [2.45, 2.75) is 58.7 Å². The van der Waals surface area contributed by atoms with Crippen LogP contribution in [0.25, 0.3) is 11.1 Å². The molecule has 0 N–H and O–H groups in total. The minimum Gasteiger partial charge on any atom is -0.478 e. The number of nitrogens with zero attached hydrogens (tertiary/aromatic N) is 2. The number of rotatable bonds is 13. The standard InChI is InChI=1S/C27H40N2O4/c1-5-7-19-32-25-14-13-24(26(28-25)33-20-8-6-2)21-9-11-23(12-10-21)29-17-15-22(16-18-29)27(30-3)31-4/h9-14,22,27H,5-8,15-20H2,1-4H3. The quantitative estimate of drug-likeness (QED) is 0.275. The third-order valence-corrected chi connectivity index (χ3v) is 6.25. The van der Waals surface area contributed by atoms with E-state index in [-0.39, 0.29) is 6.29 Å². The summed E-state index contributed by atoms with van der Waals surface area (Å²) in [7, 11) is 3.44. The molecule has 0 bridgehead atoms. The zero-order chi connectivity index (χ0) is 23.5. The normalized spacial score (nSPS) is 14.6. The van der Waals surface area contributed by atoms with Crippen molar-refractivity contribution in [2.24, 2.45) is 5.92 Å². The van der Waals surface area contributed by atoms with Crippen molar-refractivity contribution in [3.63, 3.8) is 0 Å². The molecule has 0 spiro atoms. The summed E-state index contributed by atoms with van der Waals surface area (Å²) in [5.74, 6) is 1.72. The molecule has 0 saturated carbocycles. The maximum Gasteiger partial charge on any atom is 0.224 e. The molecule has 6 nitrogen and oxygen atoms in total. The van der Waals surface area contributed by atoms with Gasteiger partial charge in [-0.25, -0.2) is 0 Å². The van der Waals surface area contributed by atoms with E-state index in [9.17, 15) is 0 Å². The fraction of sp³-hybridized carbons (Fsp3) is 0.593. The highest BCUT2D eigenvalue weighted by Crippen LogP contribution is 2.33. The van der Waals surface area contributed by atoms with Crippen molar-refractivity contribution in [3.8, 4) is 22.9 Å². The molecule has 33 heavy (non-hydrogen) atoms. The maximum absolute atomic E-state index is 6.06. The Kier molecular flexibility index (Phi) is 10.3. The van der Waals surface area contributed by atoms with Gasteiger partial charge in [0, 0.05) is 50.5 Å². The molecule has 0 atom stereocenters. The van der Waals surface area contributed by atoms with Gasteiger partial charge in [-0.3, -0.25) is 0 Å². The lowest BCUT2D eigenvalue weighted by molar-refractivity contribution is -0.141. The van der Waals surface area contributed by atoms with E-state index in [1.54, 1.807) is 14.2 Å². The summed E-state index contributed by atoms with van der Waals surface area (Å²) in [6.45, 7) is 7.66. The molecule has 1 aliphatic heterocycles. The van der Waals surface area contributed by atoms with E-state index >= 15 is 0 Å². The smallest absolute Gasteiger partial charge is 0.224 e. The predicted molar refractivity (Wildman–Crippen MR) is 133 cm³/mol. The van der Waals surface area contributed by atoms with E-state index in [0.717, 1.165) is 62.7 Å². The van der Waals surface area contributed by atoms with Gasteiger partial charge in [0.05, 0.1) is 13.2 Å². The number of unbranched alkanes of at least 4 members (excludes halogenated alkanes) is 2. The number of ether oxygens (including phenoxy) is 4. The van der Waals surface area contributed by atoms with E-state index in [1.165, 1.54) is 5.69 Å². The van der Waals surface area contributed by atoms with Crippen LogP contribution in [0.5, 0.6) is 11.8 Å². The second kappa shape index (κ2) is 13.4. The maximum atomic E-state index is 6.06. The Morgan fingerprint density at radius 2 is 1.52 bits per heavy atom. The fourth-order valence-electron chi connectivity index (χ4n) is 4.23. The van der Waals surface area contributed by atoms with Crippen LogP contribution in [-0.4, -0.2) is 51.8 Å². The Labute approximate surface area is 199 Å². The van der Waals surface area contributed by atoms with Crippen LogP contribution in [0.4, 0.5) is 5.69 Å². The van der Waals surface area contributed by atoms with Gasteiger partial charge in [-0.05, 0) is 49.4 Å². The van der Waals surface area contributed by atoms with Gasteiger partial charge in [0.2, 0.25) is 11.8 Å². The van der Waals surface area contributed by atoms with Crippen LogP contribution in [0.15, 0.2) is 36.4 Å². The summed E-state index contributed by atoms with van der Waals surface area (Å²) in [6, 6.07) is 12.7. The Morgan fingerprint density at radius 1 is 0.879 bits per heavy atom. The van der Waals surface area contributed by atoms with Gasteiger partial charge in [0.25, 0.3) is 0 Å². The first-order valence-electron chi connectivity index (χ1n) is 12.4. The molecular weight excluding hydrogens is 416 g/mol. The first-order chi connectivity index (χ1) is 16.2. The van der Waals surface area contributed by atoms with Crippen LogP contribution >= 0.6 is 0 Å². The number of aromatic nitrogens is 1. The lowest BCUT2D eigenvalue weighted by Gasteiger charge is -2.36. The van der Waals surface area contributed by atoms with E-state index in [4.69, 9.17) is 18.9 Å². The van der Waals surface area contributed by atoms with Gasteiger partial charge in [0.15, 0.2) is 6.29 Å². The van der Waals surface area contributed by atoms with E-state index in [0.29, 0.717) is 30.9 Å². The topological polar surface area (TPSA) is 53.1 Å². The third kappa shape index (κ3) is 7.08. The highest BCUT2D eigenvalue weighted by Gasteiger charge is 2.26. The number of hydrogen-bond donors (Lipinski definition) is 0. The number of anilines is 1. The molecule has 3 rings (SSSR count). The Bertz CT molecular complexity index is 815. The van der Waals surface area contributed by atoms with Crippen molar-refractivity contribution in [1.82, 2.24) is 4.98 Å². The predicted octanol–water partition coefficient (Wildman–Crippen LogP) is 5.94. The highest BCUT2D eigenvalue weighted by atomic mass is 16.7.